The molecule has 2 aromatic carbocycles. The van der Waals surface area contributed by atoms with Gasteiger partial charge in [0.1, 0.15) is 55.6 Å². The number of anilines is 1. The van der Waals surface area contributed by atoms with E-state index in [1.54, 1.807) is 18.2 Å². The largest absolute Gasteiger partial charge is 0.468 e. The van der Waals surface area contributed by atoms with Gasteiger partial charge in [-0.3, -0.25) is 9.88 Å². The van der Waals surface area contributed by atoms with E-state index in [0.29, 0.717) is 71.2 Å². The van der Waals surface area contributed by atoms with Crippen molar-refractivity contribution in [1.29, 1.82) is 0 Å². The molecule has 4 aliphatic rings. The van der Waals surface area contributed by atoms with E-state index in [0.717, 1.165) is 19.4 Å². The van der Waals surface area contributed by atoms with Crippen molar-refractivity contribution in [3.05, 3.63) is 47.7 Å². The summed E-state index contributed by atoms with van der Waals surface area (Å²) in [6, 6.07) is 4.99. The minimum Gasteiger partial charge on any atom is -0.468 e. The molecule has 0 aliphatic carbocycles. The molecule has 6 atom stereocenters. The SMILES string of the molecule is COCOc1cc(-c2ncc3c(N4[C@@H]5CC[C@H]4[C@H](F)[C@@H](N)C5)nc(OC[C@@]45CCCN4C[C@H](F)C5)nc3c2F)c2c(C#C[Si](C(C)C)(C(C)C)C(C)C)c(F)ccc2c1. The first-order valence-corrected chi connectivity index (χ1v) is 23.4. The lowest BCUT2D eigenvalue weighted by Gasteiger charge is -2.41. The molecule has 4 saturated heterocycles. The molecule has 4 aromatic rings. The monoisotopic (exact) mass is 832 g/mol. The number of aromatic nitrogens is 3. The quantitative estimate of drug-likeness (QED) is 0.0688. The minimum absolute atomic E-state index is 0.0749. The fraction of sp³-hybridized carbons (Fsp3) is 0.578. The van der Waals surface area contributed by atoms with Crippen LogP contribution in [-0.4, -0.2) is 97.5 Å². The van der Waals surface area contributed by atoms with Crippen LogP contribution in [0.5, 0.6) is 11.8 Å². The van der Waals surface area contributed by atoms with Gasteiger partial charge in [0.05, 0.1) is 22.5 Å². The Morgan fingerprint density at radius 3 is 2.51 bits per heavy atom. The van der Waals surface area contributed by atoms with Crippen LogP contribution >= 0.6 is 0 Å². The molecule has 9 nitrogen and oxygen atoms in total. The highest BCUT2D eigenvalue weighted by Gasteiger charge is 2.50. The number of benzene rings is 2. The number of nitrogens with zero attached hydrogens (tertiary/aromatic N) is 5. The summed E-state index contributed by atoms with van der Waals surface area (Å²) in [6.07, 6.45) is 2.92. The van der Waals surface area contributed by atoms with E-state index in [9.17, 15) is 4.39 Å². The standard InChI is InChI=1S/C45H56F4N6O3Si/c1-25(2)59(26(3)4,27(5)6)16-13-32-35(47)11-9-28-17-31(58-24-56-7)19-33(38(28)32)41-40(49)42-34(21-51-41)43(55-30-10-12-37(55)39(48)36(50)18-30)53-44(52-42)57-23-45-14-8-15-54(45)22-29(46)20-45/h9,11,17,19,21,25-27,29-30,36-37,39H,8,10,12,14-15,18,20,22-24,50H2,1-7H3/t29-,30-,36+,37+,39-,45+/m1/s1. The molecular formula is C45H56F4N6O3Si. The van der Waals surface area contributed by atoms with Crippen molar-refractivity contribution in [2.45, 2.75) is 133 Å². The fourth-order valence-electron chi connectivity index (χ4n) is 11.2. The van der Waals surface area contributed by atoms with Gasteiger partial charge in [0.2, 0.25) is 0 Å². The van der Waals surface area contributed by atoms with Crippen LogP contribution in [0.15, 0.2) is 30.5 Å². The zero-order chi connectivity index (χ0) is 42.0. The fourth-order valence-corrected chi connectivity index (χ4v) is 16.4. The molecule has 2 aromatic heterocycles. The Bertz CT molecular complexity index is 2280. The lowest BCUT2D eigenvalue weighted by Crippen LogP contribution is -2.56. The van der Waals surface area contributed by atoms with Crippen LogP contribution in [0.4, 0.5) is 23.4 Å². The average molecular weight is 833 g/mol. The van der Waals surface area contributed by atoms with Crippen molar-refractivity contribution in [2.24, 2.45) is 5.73 Å². The van der Waals surface area contributed by atoms with Crippen LogP contribution in [0.1, 0.15) is 85.6 Å². The second-order valence-electron chi connectivity index (χ2n) is 18.1. The molecule has 0 spiro atoms. The summed E-state index contributed by atoms with van der Waals surface area (Å²) in [6.45, 7) is 14.3. The summed E-state index contributed by atoms with van der Waals surface area (Å²) in [5, 5.41) is 1.26. The van der Waals surface area contributed by atoms with Crippen molar-refractivity contribution in [3.63, 3.8) is 0 Å². The molecule has 0 unspecified atom stereocenters. The Labute approximate surface area is 345 Å². The molecule has 2 N–H and O–H groups in total. The van der Waals surface area contributed by atoms with Gasteiger partial charge in [0, 0.05) is 49.3 Å². The van der Waals surface area contributed by atoms with Crippen molar-refractivity contribution in [2.75, 3.05) is 38.5 Å². The molecule has 0 saturated carbocycles. The van der Waals surface area contributed by atoms with E-state index in [4.69, 9.17) is 29.9 Å². The number of hydrogen-bond acceptors (Lipinski definition) is 9. The highest BCUT2D eigenvalue weighted by atomic mass is 28.3. The summed E-state index contributed by atoms with van der Waals surface area (Å²) < 4.78 is 81.9. The second kappa shape index (κ2) is 16.1. The smallest absolute Gasteiger partial charge is 0.319 e. The van der Waals surface area contributed by atoms with Gasteiger partial charge >= 0.3 is 6.01 Å². The Hall–Kier alpha value is -4.03. The number of alkyl halides is 2. The summed E-state index contributed by atoms with van der Waals surface area (Å²) in [7, 11) is -0.820. The van der Waals surface area contributed by atoms with Gasteiger partial charge in [-0.2, -0.15) is 9.97 Å². The number of halogens is 4. The first-order valence-electron chi connectivity index (χ1n) is 21.2. The Morgan fingerprint density at radius 2 is 1.78 bits per heavy atom. The van der Waals surface area contributed by atoms with E-state index < -0.39 is 49.7 Å². The number of pyridine rings is 1. The zero-order valence-electron chi connectivity index (χ0n) is 35.1. The van der Waals surface area contributed by atoms with E-state index in [1.807, 2.05) is 4.90 Å². The average Bonchev–Trinajstić information content (AvgIpc) is 3.85. The predicted molar refractivity (Wildman–Crippen MR) is 226 cm³/mol. The van der Waals surface area contributed by atoms with Crippen molar-refractivity contribution >= 4 is 35.6 Å². The number of methoxy groups -OCH3 is 1. The molecule has 0 amide bonds. The summed E-state index contributed by atoms with van der Waals surface area (Å²) in [5.41, 5.74) is 10.5. The second-order valence-corrected chi connectivity index (χ2v) is 23.7. The molecule has 8 rings (SSSR count). The van der Waals surface area contributed by atoms with E-state index >= 15 is 13.2 Å². The number of piperidine rings is 1. The molecule has 14 heteroatoms. The third kappa shape index (κ3) is 7.13. The number of hydrogen-bond donors (Lipinski definition) is 1. The van der Waals surface area contributed by atoms with Crippen molar-refractivity contribution in [1.82, 2.24) is 19.9 Å². The zero-order valence-corrected chi connectivity index (χ0v) is 36.1. The third-order valence-electron chi connectivity index (χ3n) is 13.9. The van der Waals surface area contributed by atoms with Crippen LogP contribution < -0.4 is 20.1 Å². The van der Waals surface area contributed by atoms with Gasteiger partial charge in [0.25, 0.3) is 0 Å². The van der Waals surface area contributed by atoms with Crippen LogP contribution in [0, 0.1) is 23.1 Å². The number of ether oxygens (including phenoxy) is 3. The summed E-state index contributed by atoms with van der Waals surface area (Å²) in [4.78, 5) is 18.3. The topological polar surface area (TPSA) is 98.9 Å². The molecule has 316 valence electrons. The predicted octanol–water partition coefficient (Wildman–Crippen LogP) is 9.04. The van der Waals surface area contributed by atoms with E-state index in [-0.39, 0.29) is 53.2 Å². The molecule has 6 heterocycles. The van der Waals surface area contributed by atoms with E-state index in [1.165, 1.54) is 19.4 Å². The van der Waals surface area contributed by atoms with Crippen LogP contribution in [0.3, 0.4) is 0 Å². The highest BCUT2D eigenvalue weighted by Crippen LogP contribution is 2.46. The minimum atomic E-state index is -2.32. The first kappa shape index (κ1) is 41.7. The maximum atomic E-state index is 17.7. The van der Waals surface area contributed by atoms with Crippen molar-refractivity contribution in [3.8, 4) is 34.5 Å². The van der Waals surface area contributed by atoms with Crippen LogP contribution in [0.25, 0.3) is 32.9 Å². The van der Waals surface area contributed by atoms with Gasteiger partial charge in [-0.15, -0.1) is 5.54 Å². The van der Waals surface area contributed by atoms with Crippen LogP contribution in [-0.2, 0) is 4.74 Å². The van der Waals surface area contributed by atoms with Crippen LogP contribution in [0.2, 0.25) is 16.6 Å². The molecular weight excluding hydrogens is 777 g/mol. The van der Waals surface area contributed by atoms with Gasteiger partial charge < -0.3 is 24.8 Å². The molecule has 2 bridgehead atoms. The highest BCUT2D eigenvalue weighted by molar-refractivity contribution is 6.90. The van der Waals surface area contributed by atoms with Crippen molar-refractivity contribution < 1.29 is 31.8 Å². The summed E-state index contributed by atoms with van der Waals surface area (Å²) in [5.74, 6) is 2.68. The lowest BCUT2D eigenvalue weighted by molar-refractivity contribution is 0.0512. The van der Waals surface area contributed by atoms with Gasteiger partial charge in [-0.25, -0.2) is 17.6 Å². The van der Waals surface area contributed by atoms with Gasteiger partial charge in [0.15, 0.2) is 12.6 Å². The van der Waals surface area contributed by atoms with Gasteiger partial charge in [-0.05, 0) is 78.9 Å². The molecule has 4 aliphatic heterocycles. The molecule has 4 fully saturated rings. The Kier molecular flexibility index (Phi) is 11.4. The normalized spacial score (nSPS) is 25.7. The molecule has 59 heavy (non-hydrogen) atoms. The number of rotatable bonds is 11. The molecule has 0 radical (unpaired) electrons. The Morgan fingerprint density at radius 1 is 1.02 bits per heavy atom. The third-order valence-corrected chi connectivity index (χ3v) is 20.2. The maximum Gasteiger partial charge on any atom is 0.319 e. The maximum absolute atomic E-state index is 17.7. The lowest BCUT2D eigenvalue weighted by atomic mass is 9.95. The van der Waals surface area contributed by atoms with E-state index in [2.05, 4.69) is 62.9 Å². The summed E-state index contributed by atoms with van der Waals surface area (Å²) >= 11 is 0. The van der Waals surface area contributed by atoms with Gasteiger partial charge in [-0.1, -0.05) is 53.5 Å². The Balaban J connectivity index is 1.33. The number of fused-ring (bicyclic) bond motifs is 5. The first-order chi connectivity index (χ1) is 28.2. The number of nitrogens with two attached hydrogens (primary N) is 1.